The lowest BCUT2D eigenvalue weighted by Gasteiger charge is -2.19. The number of halogens is 1. The quantitative estimate of drug-likeness (QED) is 0.581. The molecule has 7 nitrogen and oxygen atoms in total. The number of carbonyl (C=O) groups excluding carboxylic acids is 1. The molecule has 0 bridgehead atoms. The van der Waals surface area contributed by atoms with E-state index >= 15 is 0 Å². The summed E-state index contributed by atoms with van der Waals surface area (Å²) in [6, 6.07) is 15.3. The molecule has 1 N–H and O–H groups in total. The Morgan fingerprint density at radius 3 is 2.56 bits per heavy atom. The molecule has 0 radical (unpaired) electrons. The Bertz CT molecular complexity index is 1240. The van der Waals surface area contributed by atoms with Gasteiger partial charge in [-0.3, -0.25) is 14.5 Å². The molecule has 0 unspecified atom stereocenters. The average Bonchev–Trinajstić information content (AvgIpc) is 3.05. The van der Waals surface area contributed by atoms with E-state index in [9.17, 15) is 14.0 Å². The summed E-state index contributed by atoms with van der Waals surface area (Å²) in [5, 5.41) is 2.94. The predicted molar refractivity (Wildman–Crippen MR) is 127 cm³/mol. The van der Waals surface area contributed by atoms with Gasteiger partial charge in [-0.25, -0.2) is 4.39 Å². The summed E-state index contributed by atoms with van der Waals surface area (Å²) in [5.74, 6) is 0.355. The number of rotatable bonds is 7. The van der Waals surface area contributed by atoms with Crippen LogP contribution in [0.5, 0.6) is 11.5 Å². The van der Waals surface area contributed by atoms with Crippen LogP contribution in [0.15, 0.2) is 59.4 Å². The van der Waals surface area contributed by atoms with E-state index in [1.54, 1.807) is 17.7 Å². The van der Waals surface area contributed by atoms with Crippen molar-refractivity contribution in [2.75, 3.05) is 27.3 Å². The van der Waals surface area contributed by atoms with E-state index in [-0.39, 0.29) is 29.6 Å². The number of methoxy groups -OCH3 is 2. The first-order valence-electron chi connectivity index (χ1n) is 11.2. The number of fused-ring (bicyclic) bond motifs is 1. The van der Waals surface area contributed by atoms with Crippen LogP contribution in [-0.4, -0.2) is 42.7 Å². The van der Waals surface area contributed by atoms with Gasteiger partial charge in [0.05, 0.1) is 14.2 Å². The standard InChI is InChI=1S/C26H28FN3O4/c1-33-22-9-4-3-7-19(22)16-28-26(32)25-21-10-11-29(17-18-6-5-8-20(27)14-18)12-13-30(21)24(31)15-23(25)34-2/h3-9,14-15H,10-13,16-17H2,1-2H3,(H,28,32). The van der Waals surface area contributed by atoms with Crippen LogP contribution in [0, 0.1) is 5.82 Å². The molecule has 0 spiro atoms. The maximum atomic E-state index is 13.6. The average molecular weight is 466 g/mol. The molecule has 3 aromatic rings. The second kappa shape index (κ2) is 10.5. The first kappa shape index (κ1) is 23.5. The first-order valence-corrected chi connectivity index (χ1v) is 11.2. The number of ether oxygens (including phenoxy) is 2. The fourth-order valence-corrected chi connectivity index (χ4v) is 4.36. The molecule has 1 aromatic heterocycles. The van der Waals surface area contributed by atoms with Crippen molar-refractivity contribution >= 4 is 5.91 Å². The largest absolute Gasteiger partial charge is 0.496 e. The molecule has 0 aliphatic carbocycles. The number of aromatic nitrogens is 1. The van der Waals surface area contributed by atoms with Gasteiger partial charge in [0.25, 0.3) is 11.5 Å². The van der Waals surface area contributed by atoms with E-state index in [0.29, 0.717) is 49.6 Å². The third kappa shape index (κ3) is 5.12. The zero-order valence-electron chi connectivity index (χ0n) is 19.3. The highest BCUT2D eigenvalue weighted by Crippen LogP contribution is 2.24. The van der Waals surface area contributed by atoms with E-state index in [1.807, 2.05) is 30.3 Å². The van der Waals surface area contributed by atoms with Crippen molar-refractivity contribution in [3.63, 3.8) is 0 Å². The Kier molecular flexibility index (Phi) is 7.27. The fraction of sp³-hybridized carbons (Fsp3) is 0.308. The number of carbonyl (C=O) groups is 1. The number of nitrogens with one attached hydrogen (secondary N) is 1. The van der Waals surface area contributed by atoms with Gasteiger partial charge in [0, 0.05) is 56.5 Å². The van der Waals surface area contributed by atoms with Crippen LogP contribution >= 0.6 is 0 Å². The summed E-state index contributed by atoms with van der Waals surface area (Å²) >= 11 is 0. The molecule has 1 amide bonds. The number of pyridine rings is 1. The minimum Gasteiger partial charge on any atom is -0.496 e. The second-order valence-electron chi connectivity index (χ2n) is 8.17. The van der Waals surface area contributed by atoms with Gasteiger partial charge in [-0.05, 0) is 23.8 Å². The topological polar surface area (TPSA) is 72.8 Å². The highest BCUT2D eigenvalue weighted by Gasteiger charge is 2.25. The van der Waals surface area contributed by atoms with Crippen LogP contribution in [-0.2, 0) is 26.1 Å². The van der Waals surface area contributed by atoms with Crippen molar-refractivity contribution in [2.45, 2.75) is 26.1 Å². The van der Waals surface area contributed by atoms with Crippen molar-refractivity contribution in [2.24, 2.45) is 0 Å². The second-order valence-corrected chi connectivity index (χ2v) is 8.17. The lowest BCUT2D eigenvalue weighted by Crippen LogP contribution is -2.31. The number of nitrogens with zero attached hydrogens (tertiary/aromatic N) is 2. The fourth-order valence-electron chi connectivity index (χ4n) is 4.36. The van der Waals surface area contributed by atoms with Gasteiger partial charge in [-0.15, -0.1) is 0 Å². The van der Waals surface area contributed by atoms with E-state index in [1.165, 1.54) is 25.3 Å². The van der Waals surface area contributed by atoms with Crippen LogP contribution in [0.4, 0.5) is 4.39 Å². The SMILES string of the molecule is COc1ccccc1CNC(=O)c1c(OC)cc(=O)n2c1CCN(Cc1cccc(F)c1)CC2. The Hall–Kier alpha value is -3.65. The molecule has 1 aliphatic heterocycles. The normalized spacial score (nSPS) is 13.6. The van der Waals surface area contributed by atoms with E-state index in [4.69, 9.17) is 9.47 Å². The maximum Gasteiger partial charge on any atom is 0.257 e. The van der Waals surface area contributed by atoms with E-state index in [0.717, 1.165) is 11.1 Å². The minimum absolute atomic E-state index is 0.208. The zero-order chi connectivity index (χ0) is 24.1. The highest BCUT2D eigenvalue weighted by molar-refractivity contribution is 5.98. The molecule has 0 saturated carbocycles. The number of hydrogen-bond acceptors (Lipinski definition) is 5. The van der Waals surface area contributed by atoms with Crippen molar-refractivity contribution in [3.05, 3.63) is 93.2 Å². The molecule has 178 valence electrons. The van der Waals surface area contributed by atoms with E-state index < -0.39 is 0 Å². The Labute approximate surface area is 197 Å². The number of amides is 1. The smallest absolute Gasteiger partial charge is 0.257 e. The van der Waals surface area contributed by atoms with Gasteiger partial charge in [0.2, 0.25) is 0 Å². The third-order valence-corrected chi connectivity index (χ3v) is 6.06. The summed E-state index contributed by atoms with van der Waals surface area (Å²) < 4.78 is 26.1. The molecular weight excluding hydrogens is 437 g/mol. The monoisotopic (exact) mass is 465 g/mol. The maximum absolute atomic E-state index is 13.6. The summed E-state index contributed by atoms with van der Waals surface area (Å²) in [5.41, 5.74) is 2.51. The van der Waals surface area contributed by atoms with Crippen molar-refractivity contribution in [1.82, 2.24) is 14.8 Å². The molecule has 34 heavy (non-hydrogen) atoms. The Morgan fingerprint density at radius 1 is 1.00 bits per heavy atom. The number of para-hydroxylation sites is 1. The van der Waals surface area contributed by atoms with Crippen LogP contribution in [0.2, 0.25) is 0 Å². The summed E-state index contributed by atoms with van der Waals surface area (Å²) in [6.07, 6.45) is 0.485. The zero-order valence-corrected chi connectivity index (χ0v) is 19.3. The molecule has 2 aromatic carbocycles. The lowest BCUT2D eigenvalue weighted by molar-refractivity contribution is 0.0945. The molecule has 2 heterocycles. The van der Waals surface area contributed by atoms with Crippen molar-refractivity contribution in [1.29, 1.82) is 0 Å². The predicted octanol–water partition coefficient (Wildman–Crippen LogP) is 2.99. The molecule has 0 fully saturated rings. The minimum atomic E-state index is -0.315. The van der Waals surface area contributed by atoms with Crippen LogP contribution in [0.1, 0.15) is 27.2 Å². The van der Waals surface area contributed by atoms with Crippen LogP contribution < -0.4 is 20.3 Å². The summed E-state index contributed by atoms with van der Waals surface area (Å²) in [4.78, 5) is 28.3. The molecule has 1 aliphatic rings. The van der Waals surface area contributed by atoms with Gasteiger partial charge < -0.3 is 19.4 Å². The van der Waals surface area contributed by atoms with Crippen molar-refractivity contribution in [3.8, 4) is 11.5 Å². The molecule has 0 atom stereocenters. The highest BCUT2D eigenvalue weighted by atomic mass is 19.1. The molecule has 0 saturated heterocycles. The van der Waals surface area contributed by atoms with Crippen LogP contribution in [0.3, 0.4) is 0 Å². The van der Waals surface area contributed by atoms with Gasteiger partial charge >= 0.3 is 0 Å². The Balaban J connectivity index is 1.57. The van der Waals surface area contributed by atoms with Crippen molar-refractivity contribution < 1.29 is 18.7 Å². The van der Waals surface area contributed by atoms with Gasteiger partial charge in [-0.2, -0.15) is 0 Å². The lowest BCUT2D eigenvalue weighted by atomic mass is 10.1. The van der Waals surface area contributed by atoms with Gasteiger partial charge in [0.15, 0.2) is 0 Å². The summed E-state index contributed by atoms with van der Waals surface area (Å²) in [7, 11) is 3.04. The third-order valence-electron chi connectivity index (χ3n) is 6.06. The Morgan fingerprint density at radius 2 is 1.79 bits per heavy atom. The van der Waals surface area contributed by atoms with Gasteiger partial charge in [-0.1, -0.05) is 30.3 Å². The van der Waals surface area contributed by atoms with Crippen LogP contribution in [0.25, 0.3) is 0 Å². The molecule has 4 rings (SSSR count). The van der Waals surface area contributed by atoms with E-state index in [2.05, 4.69) is 10.2 Å². The molecular formula is C26H28FN3O4. The van der Waals surface area contributed by atoms with Gasteiger partial charge in [0.1, 0.15) is 22.9 Å². The summed E-state index contributed by atoms with van der Waals surface area (Å²) in [6.45, 7) is 2.50. The number of hydrogen-bond donors (Lipinski definition) is 1. The number of benzene rings is 2. The molecule has 8 heteroatoms. The first-order chi connectivity index (χ1) is 16.5.